The van der Waals surface area contributed by atoms with Gasteiger partial charge in [-0.2, -0.15) is 0 Å². The Morgan fingerprint density at radius 1 is 1.07 bits per heavy atom. The van der Waals surface area contributed by atoms with E-state index in [4.69, 9.17) is 5.73 Å². The second kappa shape index (κ2) is 13.1. The van der Waals surface area contributed by atoms with Gasteiger partial charge in [0, 0.05) is 0 Å². The predicted octanol–water partition coefficient (Wildman–Crippen LogP) is 6.70. The van der Waals surface area contributed by atoms with Gasteiger partial charge in [0.15, 0.2) is 0 Å². The highest BCUT2D eigenvalue weighted by Gasteiger charge is 2.23. The highest BCUT2D eigenvalue weighted by atomic mass is 16.1. The third-order valence-corrected chi connectivity index (χ3v) is 5.77. The second-order valence-electron chi connectivity index (χ2n) is 7.93. The van der Waals surface area contributed by atoms with Crippen LogP contribution < -0.4 is 5.73 Å². The van der Waals surface area contributed by atoms with Gasteiger partial charge in [0.2, 0.25) is 5.91 Å². The summed E-state index contributed by atoms with van der Waals surface area (Å²) in [6, 6.07) is 9.89. The predicted molar refractivity (Wildman–Crippen MR) is 120 cm³/mol. The first-order chi connectivity index (χ1) is 13.7. The molecule has 0 spiro atoms. The molecule has 1 unspecified atom stereocenters. The highest BCUT2D eigenvalue weighted by Crippen LogP contribution is 2.35. The van der Waals surface area contributed by atoms with Crippen LogP contribution in [0.2, 0.25) is 0 Å². The van der Waals surface area contributed by atoms with E-state index in [0.29, 0.717) is 0 Å². The lowest BCUT2D eigenvalue weighted by Crippen LogP contribution is -2.21. The minimum absolute atomic E-state index is 0.186. The molecule has 0 aliphatic heterocycles. The number of carbonyl (C=O) groups is 1. The zero-order chi connectivity index (χ0) is 20.0. The van der Waals surface area contributed by atoms with Crippen LogP contribution in [0, 0.1) is 11.8 Å². The fourth-order valence-electron chi connectivity index (χ4n) is 4.13. The summed E-state index contributed by atoms with van der Waals surface area (Å²) in [5, 5.41) is 0. The van der Waals surface area contributed by atoms with Gasteiger partial charge < -0.3 is 5.73 Å². The van der Waals surface area contributed by atoms with Crippen molar-refractivity contribution in [3.8, 4) is 0 Å². The number of primary amides is 1. The van der Waals surface area contributed by atoms with E-state index in [9.17, 15) is 4.79 Å². The zero-order valence-electron chi connectivity index (χ0n) is 17.4. The summed E-state index contributed by atoms with van der Waals surface area (Å²) in [4.78, 5) is 11.8. The highest BCUT2D eigenvalue weighted by molar-refractivity contribution is 5.81. The van der Waals surface area contributed by atoms with Gasteiger partial charge in [-0.3, -0.25) is 4.79 Å². The molecule has 1 aliphatic rings. The molecule has 3 atom stereocenters. The van der Waals surface area contributed by atoms with E-state index in [2.05, 4.69) is 43.4 Å². The van der Waals surface area contributed by atoms with E-state index >= 15 is 0 Å². The van der Waals surface area contributed by atoms with Crippen LogP contribution in [0.1, 0.15) is 76.2 Å². The summed E-state index contributed by atoms with van der Waals surface area (Å²) >= 11 is 0. The molecule has 1 saturated carbocycles. The lowest BCUT2D eigenvalue weighted by Gasteiger charge is -2.14. The van der Waals surface area contributed by atoms with Crippen LogP contribution in [0.4, 0.5) is 0 Å². The standard InChI is InChI=1S/C26H37NO/c1-2-3-4-5-6-9-15-22-19-14-20-23(22)16-10-8-13-21-25(26(27)28)24-17-11-7-12-18-24/h4-5,7-12,15,17-18,22-23,25H,2-3,6,13-14,16,19-21H2,1H3,(H2,27,28)/t22-,23-,25?/m0/s1. The average Bonchev–Trinajstić information content (AvgIpc) is 3.15. The fraction of sp³-hybridized carbons (Fsp3) is 0.500. The van der Waals surface area contributed by atoms with Gasteiger partial charge in [0.1, 0.15) is 0 Å². The van der Waals surface area contributed by atoms with Crippen molar-refractivity contribution in [2.45, 2.75) is 70.6 Å². The monoisotopic (exact) mass is 379 g/mol. The molecule has 2 nitrogen and oxygen atoms in total. The largest absolute Gasteiger partial charge is 0.369 e. The van der Waals surface area contributed by atoms with Crippen molar-refractivity contribution in [2.75, 3.05) is 0 Å². The number of allylic oxidation sites excluding steroid dienone is 6. The minimum Gasteiger partial charge on any atom is -0.369 e. The average molecular weight is 380 g/mol. The molecule has 2 rings (SSSR count). The zero-order valence-corrected chi connectivity index (χ0v) is 17.4. The first-order valence-corrected chi connectivity index (χ1v) is 11.0. The van der Waals surface area contributed by atoms with Crippen molar-refractivity contribution in [3.63, 3.8) is 0 Å². The Kier molecular flexibility index (Phi) is 10.4. The number of amides is 1. The van der Waals surface area contributed by atoms with Gasteiger partial charge in [-0.15, -0.1) is 0 Å². The van der Waals surface area contributed by atoms with Crippen LogP contribution in [0.3, 0.4) is 0 Å². The van der Waals surface area contributed by atoms with Crippen molar-refractivity contribution in [2.24, 2.45) is 17.6 Å². The molecule has 0 heterocycles. The van der Waals surface area contributed by atoms with Crippen molar-refractivity contribution in [1.29, 1.82) is 0 Å². The van der Waals surface area contributed by atoms with Gasteiger partial charge in [-0.25, -0.2) is 0 Å². The van der Waals surface area contributed by atoms with Crippen LogP contribution >= 0.6 is 0 Å². The minimum atomic E-state index is -0.228. The number of hydrogen-bond acceptors (Lipinski definition) is 1. The van der Waals surface area contributed by atoms with Crippen LogP contribution in [0.25, 0.3) is 0 Å². The van der Waals surface area contributed by atoms with Crippen molar-refractivity contribution < 1.29 is 4.79 Å². The Morgan fingerprint density at radius 2 is 1.86 bits per heavy atom. The number of carbonyl (C=O) groups excluding carboxylic acids is 1. The molecule has 28 heavy (non-hydrogen) atoms. The number of hydrogen-bond donors (Lipinski definition) is 1. The second-order valence-corrected chi connectivity index (χ2v) is 7.93. The maximum atomic E-state index is 11.8. The molecule has 1 amide bonds. The molecule has 2 N–H and O–H groups in total. The third-order valence-electron chi connectivity index (χ3n) is 5.77. The normalized spacial score (nSPS) is 21.2. The lowest BCUT2D eigenvalue weighted by atomic mass is 9.91. The Morgan fingerprint density at radius 3 is 2.61 bits per heavy atom. The molecule has 152 valence electrons. The molecular formula is C26H37NO. The molecule has 1 fully saturated rings. The Hall–Kier alpha value is -2.09. The van der Waals surface area contributed by atoms with Crippen LogP contribution in [0.5, 0.6) is 0 Å². The summed E-state index contributed by atoms with van der Waals surface area (Å²) in [6.07, 6.45) is 24.2. The van der Waals surface area contributed by atoms with Crippen LogP contribution in [-0.2, 0) is 4.79 Å². The number of benzene rings is 1. The molecule has 0 aromatic heterocycles. The molecule has 0 bridgehead atoms. The van der Waals surface area contributed by atoms with Gasteiger partial charge >= 0.3 is 0 Å². The quantitative estimate of drug-likeness (QED) is 0.403. The van der Waals surface area contributed by atoms with E-state index in [0.717, 1.165) is 43.1 Å². The first-order valence-electron chi connectivity index (χ1n) is 11.0. The smallest absolute Gasteiger partial charge is 0.224 e. The maximum Gasteiger partial charge on any atom is 0.224 e. The first kappa shape index (κ1) is 22.2. The van der Waals surface area contributed by atoms with Gasteiger partial charge in [0.25, 0.3) is 0 Å². The SMILES string of the molecule is CCCC=CCC=C[C@H]1CCC[C@@H]1CC=CCCC(C(N)=O)c1ccccc1. The van der Waals surface area contributed by atoms with Crippen LogP contribution in [0.15, 0.2) is 66.8 Å². The topological polar surface area (TPSA) is 43.1 Å². The number of nitrogens with two attached hydrogens (primary N) is 1. The van der Waals surface area contributed by atoms with Gasteiger partial charge in [0.05, 0.1) is 5.92 Å². The Bertz CT molecular complexity index is 644. The molecule has 1 aliphatic carbocycles. The van der Waals surface area contributed by atoms with Crippen LogP contribution in [-0.4, -0.2) is 5.91 Å². The molecular weight excluding hydrogens is 342 g/mol. The van der Waals surface area contributed by atoms with E-state index in [-0.39, 0.29) is 11.8 Å². The molecule has 1 aromatic rings. The fourth-order valence-corrected chi connectivity index (χ4v) is 4.13. The summed E-state index contributed by atoms with van der Waals surface area (Å²) in [5.41, 5.74) is 6.64. The molecule has 1 aromatic carbocycles. The van der Waals surface area contributed by atoms with Gasteiger partial charge in [-0.1, -0.05) is 86.6 Å². The number of rotatable bonds is 12. The van der Waals surface area contributed by atoms with E-state index in [1.54, 1.807) is 0 Å². The van der Waals surface area contributed by atoms with Crippen molar-refractivity contribution in [3.05, 3.63) is 72.4 Å². The summed E-state index contributed by atoms with van der Waals surface area (Å²) < 4.78 is 0. The van der Waals surface area contributed by atoms with E-state index in [1.807, 2.05) is 30.3 Å². The molecule has 0 radical (unpaired) electrons. The van der Waals surface area contributed by atoms with Gasteiger partial charge in [-0.05, 0) is 62.3 Å². The summed E-state index contributed by atoms with van der Waals surface area (Å²) in [7, 11) is 0. The van der Waals surface area contributed by atoms with E-state index < -0.39 is 0 Å². The van der Waals surface area contributed by atoms with E-state index in [1.165, 1.54) is 32.1 Å². The lowest BCUT2D eigenvalue weighted by molar-refractivity contribution is -0.119. The number of unbranched alkanes of at least 4 members (excludes halogenated alkanes) is 1. The van der Waals surface area contributed by atoms with Crippen molar-refractivity contribution >= 4 is 5.91 Å². The Labute approximate surface area is 171 Å². The van der Waals surface area contributed by atoms with Crippen molar-refractivity contribution in [1.82, 2.24) is 0 Å². The Balaban J connectivity index is 1.73. The summed E-state index contributed by atoms with van der Waals surface area (Å²) in [5.74, 6) is 1.09. The maximum absolute atomic E-state index is 11.8. The molecule has 0 saturated heterocycles. The third kappa shape index (κ3) is 7.88. The summed E-state index contributed by atoms with van der Waals surface area (Å²) in [6.45, 7) is 2.21. The molecule has 2 heteroatoms.